The lowest BCUT2D eigenvalue weighted by Gasteiger charge is -2.35. The van der Waals surface area contributed by atoms with Crippen molar-refractivity contribution in [2.24, 2.45) is 5.41 Å². The first-order chi connectivity index (χ1) is 17.7. The fourth-order valence-electron chi connectivity index (χ4n) is 3.95. The van der Waals surface area contributed by atoms with Gasteiger partial charge in [-0.15, -0.1) is 0 Å². The maximum atomic E-state index is 13.7. The number of rotatable bonds is 13. The van der Waals surface area contributed by atoms with E-state index in [1.165, 1.54) is 23.5 Å². The van der Waals surface area contributed by atoms with Gasteiger partial charge in [-0.2, -0.15) is 4.31 Å². The summed E-state index contributed by atoms with van der Waals surface area (Å²) in [5, 5.41) is 23.6. The zero-order chi connectivity index (χ0) is 28.6. The number of carbonyl (C=O) groups is 1. The van der Waals surface area contributed by atoms with E-state index in [2.05, 4.69) is 5.32 Å². The van der Waals surface area contributed by atoms with Gasteiger partial charge in [-0.3, -0.25) is 0 Å². The minimum atomic E-state index is -4.04. The molecule has 0 spiro atoms. The van der Waals surface area contributed by atoms with Crippen molar-refractivity contribution in [2.75, 3.05) is 26.8 Å². The Morgan fingerprint density at radius 1 is 1.03 bits per heavy atom. The number of sulfonamides is 1. The van der Waals surface area contributed by atoms with E-state index in [1.54, 1.807) is 32.9 Å². The summed E-state index contributed by atoms with van der Waals surface area (Å²) in [5.41, 5.74) is -0.468. The lowest BCUT2D eigenvalue weighted by atomic mass is 9.89. The van der Waals surface area contributed by atoms with E-state index in [0.717, 1.165) is 5.56 Å². The number of hydrogen-bond donors (Lipinski definition) is 3. The van der Waals surface area contributed by atoms with Crippen LogP contribution in [-0.2, 0) is 21.2 Å². The molecule has 0 heterocycles. The van der Waals surface area contributed by atoms with E-state index in [4.69, 9.17) is 9.47 Å². The Bertz CT molecular complexity index is 1110. The van der Waals surface area contributed by atoms with Gasteiger partial charge in [-0.25, -0.2) is 13.2 Å². The van der Waals surface area contributed by atoms with Gasteiger partial charge in [0.15, 0.2) is 0 Å². The van der Waals surface area contributed by atoms with E-state index in [9.17, 15) is 23.4 Å². The number of aliphatic hydroxyl groups excluding tert-OH is 2. The van der Waals surface area contributed by atoms with E-state index < -0.39 is 39.3 Å². The van der Waals surface area contributed by atoms with Crippen LogP contribution in [0, 0.1) is 5.41 Å². The molecule has 1 unspecified atom stereocenters. The van der Waals surface area contributed by atoms with Crippen molar-refractivity contribution in [1.29, 1.82) is 0 Å². The molecule has 1 amide bonds. The largest absolute Gasteiger partial charge is 0.497 e. The fraction of sp³-hybridized carbons (Fsp3) is 0.536. The second-order valence-corrected chi connectivity index (χ2v) is 13.1. The summed E-state index contributed by atoms with van der Waals surface area (Å²) in [7, 11) is -2.55. The van der Waals surface area contributed by atoms with Gasteiger partial charge in [-0.05, 0) is 68.9 Å². The van der Waals surface area contributed by atoms with Crippen molar-refractivity contribution in [3.8, 4) is 5.75 Å². The number of benzene rings is 2. The fourth-order valence-corrected chi connectivity index (χ4v) is 5.60. The van der Waals surface area contributed by atoms with Crippen LogP contribution in [0.2, 0.25) is 0 Å². The van der Waals surface area contributed by atoms with Crippen molar-refractivity contribution in [3.63, 3.8) is 0 Å². The van der Waals surface area contributed by atoms with Crippen molar-refractivity contribution >= 4 is 16.1 Å². The highest BCUT2D eigenvalue weighted by molar-refractivity contribution is 7.89. The van der Waals surface area contributed by atoms with Gasteiger partial charge >= 0.3 is 6.09 Å². The number of alkyl carbamates (subject to hydrolysis) is 1. The van der Waals surface area contributed by atoms with E-state index in [1.807, 2.05) is 44.2 Å². The third-order valence-electron chi connectivity index (χ3n) is 5.95. The first-order valence-corrected chi connectivity index (χ1v) is 14.1. The van der Waals surface area contributed by atoms with Crippen molar-refractivity contribution < 1.29 is 32.9 Å². The van der Waals surface area contributed by atoms with Crippen LogP contribution >= 0.6 is 0 Å². The maximum Gasteiger partial charge on any atom is 0.407 e. The molecule has 3 N–H and O–H groups in total. The third-order valence-corrected chi connectivity index (χ3v) is 7.77. The van der Waals surface area contributed by atoms with Crippen LogP contribution < -0.4 is 10.1 Å². The molecule has 0 aliphatic rings. The smallest absolute Gasteiger partial charge is 0.407 e. The summed E-state index contributed by atoms with van der Waals surface area (Å²) < 4.78 is 39.2. The number of ether oxygens (including phenoxy) is 2. The number of nitrogens with zero attached hydrogens (tertiary/aromatic N) is 1. The topological polar surface area (TPSA) is 125 Å². The maximum absolute atomic E-state index is 13.7. The van der Waals surface area contributed by atoms with Crippen molar-refractivity contribution in [1.82, 2.24) is 9.62 Å². The Morgan fingerprint density at radius 2 is 1.63 bits per heavy atom. The summed E-state index contributed by atoms with van der Waals surface area (Å²) >= 11 is 0. The molecule has 0 bridgehead atoms. The van der Waals surface area contributed by atoms with Crippen LogP contribution in [0.4, 0.5) is 4.79 Å². The molecule has 212 valence electrons. The molecule has 0 aliphatic heterocycles. The van der Waals surface area contributed by atoms with Crippen LogP contribution in [0.25, 0.3) is 0 Å². The summed E-state index contributed by atoms with van der Waals surface area (Å²) in [4.78, 5) is 12.7. The highest BCUT2D eigenvalue weighted by Gasteiger charge is 2.35. The second kappa shape index (κ2) is 13.4. The molecule has 38 heavy (non-hydrogen) atoms. The molecule has 0 aromatic heterocycles. The SMILES string of the molecule is COc1ccc(S(=O)(=O)N(CC(O)[C@H](Cc2ccccc2)NC(=O)OC(C)(C)C)CC(C)(C)CCO)cc1. The summed E-state index contributed by atoms with van der Waals surface area (Å²) in [6.45, 7) is 8.58. The number of nitrogens with one attached hydrogen (secondary N) is 1. The van der Waals surface area contributed by atoms with Crippen molar-refractivity contribution in [3.05, 3.63) is 60.2 Å². The normalized spacial score (nSPS) is 14.1. The monoisotopic (exact) mass is 550 g/mol. The van der Waals surface area contributed by atoms with Gasteiger partial charge in [0.25, 0.3) is 0 Å². The van der Waals surface area contributed by atoms with E-state index >= 15 is 0 Å². The van der Waals surface area contributed by atoms with E-state index in [-0.39, 0.29) is 31.0 Å². The van der Waals surface area contributed by atoms with Crippen LogP contribution in [0.1, 0.15) is 46.6 Å². The summed E-state index contributed by atoms with van der Waals surface area (Å²) in [5.74, 6) is 0.514. The lowest BCUT2D eigenvalue weighted by Crippen LogP contribution is -2.52. The van der Waals surface area contributed by atoms with E-state index in [0.29, 0.717) is 12.2 Å². The molecule has 2 aromatic rings. The van der Waals surface area contributed by atoms with Gasteiger partial charge in [0, 0.05) is 19.7 Å². The molecule has 0 radical (unpaired) electrons. The molecule has 2 aromatic carbocycles. The Balaban J connectivity index is 2.40. The Morgan fingerprint density at radius 3 is 2.16 bits per heavy atom. The standard InChI is InChI=1S/C28H42N2O7S/c1-27(2,3)37-26(33)29-24(18-21-10-8-7-9-11-21)25(32)19-30(20-28(4,5)16-17-31)38(34,35)23-14-12-22(36-6)13-15-23/h7-15,24-25,31-32H,16-20H2,1-6H3,(H,29,33)/t24-,25?/m0/s1. The number of carbonyl (C=O) groups excluding carboxylic acids is 1. The van der Waals surface area contributed by atoms with Gasteiger partial charge in [0.2, 0.25) is 10.0 Å². The minimum absolute atomic E-state index is 0.0451. The highest BCUT2D eigenvalue weighted by atomic mass is 32.2. The van der Waals surface area contributed by atoms with Crippen LogP contribution in [0.3, 0.4) is 0 Å². The number of hydrogen-bond acceptors (Lipinski definition) is 7. The predicted octanol–water partition coefficient (Wildman–Crippen LogP) is 3.59. The molecule has 0 saturated carbocycles. The predicted molar refractivity (Wildman–Crippen MR) is 147 cm³/mol. The Labute approximate surface area is 226 Å². The van der Waals surface area contributed by atoms with Crippen LogP contribution in [0.15, 0.2) is 59.5 Å². The first kappa shape index (κ1) is 31.6. The minimum Gasteiger partial charge on any atom is -0.497 e. The molecule has 10 heteroatoms. The zero-order valence-corrected chi connectivity index (χ0v) is 24.0. The van der Waals surface area contributed by atoms with Gasteiger partial charge < -0.3 is 25.0 Å². The lowest BCUT2D eigenvalue weighted by molar-refractivity contribution is 0.0389. The molecule has 0 saturated heterocycles. The molecule has 9 nitrogen and oxygen atoms in total. The second-order valence-electron chi connectivity index (χ2n) is 11.1. The van der Waals surface area contributed by atoms with Gasteiger partial charge in [0.05, 0.1) is 24.2 Å². The zero-order valence-electron chi connectivity index (χ0n) is 23.2. The molecular weight excluding hydrogens is 508 g/mol. The average molecular weight is 551 g/mol. The number of methoxy groups -OCH3 is 1. The first-order valence-electron chi connectivity index (χ1n) is 12.6. The van der Waals surface area contributed by atoms with Gasteiger partial charge in [-0.1, -0.05) is 44.2 Å². The van der Waals surface area contributed by atoms with Crippen LogP contribution in [-0.4, -0.2) is 73.6 Å². The van der Waals surface area contributed by atoms with Crippen molar-refractivity contribution in [2.45, 2.75) is 70.1 Å². The molecular formula is C28H42N2O7S. The van der Waals surface area contributed by atoms with Gasteiger partial charge in [0.1, 0.15) is 11.4 Å². The quantitative estimate of drug-likeness (QED) is 0.348. The third kappa shape index (κ3) is 9.90. The molecule has 2 rings (SSSR count). The summed E-state index contributed by atoms with van der Waals surface area (Å²) in [6, 6.07) is 14.5. The number of amides is 1. The molecule has 2 atom stereocenters. The summed E-state index contributed by atoms with van der Waals surface area (Å²) in [6.07, 6.45) is -1.35. The molecule has 0 fully saturated rings. The highest BCUT2D eigenvalue weighted by Crippen LogP contribution is 2.27. The number of aliphatic hydroxyl groups is 2. The molecule has 0 aliphatic carbocycles. The van der Waals surface area contributed by atoms with Crippen LogP contribution in [0.5, 0.6) is 5.75 Å². The Hall–Kier alpha value is -2.66. The average Bonchev–Trinajstić information content (AvgIpc) is 2.82. The Kier molecular flexibility index (Phi) is 11.1.